The maximum Gasteiger partial charge on any atom is 0.337 e. The van der Waals surface area contributed by atoms with Gasteiger partial charge in [0.25, 0.3) is 21.9 Å². The molecule has 3 heterocycles. The van der Waals surface area contributed by atoms with E-state index in [-0.39, 0.29) is 16.9 Å². The molecule has 12 heteroatoms. The quantitative estimate of drug-likeness (QED) is 0.0473. The van der Waals surface area contributed by atoms with Crippen molar-refractivity contribution in [3.63, 3.8) is 0 Å². The number of nitrogens with one attached hydrogen (secondary N) is 1. The second kappa shape index (κ2) is 15.0. The lowest BCUT2D eigenvalue weighted by molar-refractivity contribution is -0.401. The topological polar surface area (TPSA) is 148 Å². The zero-order valence-corrected chi connectivity index (χ0v) is 32.9. The number of methoxy groups -OCH3 is 1. The molecule has 3 aromatic carbocycles. The van der Waals surface area contributed by atoms with Crippen molar-refractivity contribution in [2.45, 2.75) is 69.1 Å². The van der Waals surface area contributed by atoms with Gasteiger partial charge in [-0.1, -0.05) is 50.6 Å². The molecule has 0 bridgehead atoms. The van der Waals surface area contributed by atoms with Gasteiger partial charge in [0.1, 0.15) is 7.05 Å². The number of ether oxygens (including phenoxy) is 1. The van der Waals surface area contributed by atoms with E-state index in [9.17, 15) is 27.4 Å². The van der Waals surface area contributed by atoms with Gasteiger partial charge in [-0.3, -0.25) is 19.0 Å². The van der Waals surface area contributed by atoms with Crippen molar-refractivity contribution in [1.82, 2.24) is 4.90 Å². The largest absolute Gasteiger partial charge is 0.465 e. The van der Waals surface area contributed by atoms with Crippen LogP contribution in [0, 0.1) is 5.41 Å². The zero-order valence-electron chi connectivity index (χ0n) is 32.0. The Kier molecular flexibility index (Phi) is 10.7. The number of hydrogen-bond donors (Lipinski definition) is 2. The van der Waals surface area contributed by atoms with E-state index in [0.29, 0.717) is 30.7 Å². The summed E-state index contributed by atoms with van der Waals surface area (Å²) >= 11 is 0. The predicted molar refractivity (Wildman–Crippen MR) is 213 cm³/mol. The Balaban J connectivity index is 1.38. The molecule has 6 rings (SSSR count). The number of carbonyl (C=O) groups is 3. The van der Waals surface area contributed by atoms with Gasteiger partial charge in [-0.05, 0) is 86.2 Å². The molecule has 2 N–H and O–H groups in total. The minimum atomic E-state index is -4.46. The van der Waals surface area contributed by atoms with Crippen LogP contribution in [0.15, 0.2) is 102 Å². The van der Waals surface area contributed by atoms with Crippen molar-refractivity contribution in [1.29, 1.82) is 5.41 Å². The molecule has 0 saturated carbocycles. The van der Waals surface area contributed by atoms with Crippen molar-refractivity contribution in [3.05, 3.63) is 119 Å². The lowest BCUT2D eigenvalue weighted by atomic mass is 9.79. The Bertz CT molecular complexity index is 2320. The van der Waals surface area contributed by atoms with Crippen LogP contribution in [-0.2, 0) is 35.3 Å². The number of amides is 2. The fraction of sp³-hybridized carbons (Fsp3) is 0.326. The summed E-state index contributed by atoms with van der Waals surface area (Å²) in [5.41, 5.74) is 7.33. The molecule has 0 atom stereocenters. The van der Waals surface area contributed by atoms with Crippen LogP contribution in [0.5, 0.6) is 0 Å². The molecule has 286 valence electrons. The number of unbranched alkanes of at least 4 members (excludes halogenated alkanes) is 2. The van der Waals surface area contributed by atoms with Gasteiger partial charge in [0.2, 0.25) is 5.69 Å². The molecule has 3 aliphatic heterocycles. The molecule has 0 fully saturated rings. The number of esters is 1. The molecule has 0 radical (unpaired) electrons. The van der Waals surface area contributed by atoms with Gasteiger partial charge in [0.15, 0.2) is 5.71 Å². The highest BCUT2D eigenvalue weighted by Crippen LogP contribution is 2.50. The first-order valence-electron chi connectivity index (χ1n) is 18.3. The molecular formula is C43H47N4O7S+. The average molecular weight is 764 g/mol. The van der Waals surface area contributed by atoms with E-state index in [0.717, 1.165) is 57.2 Å². The maximum atomic E-state index is 12.4. The third-order valence-corrected chi connectivity index (χ3v) is 11.8. The number of carbonyl (C=O) groups excluding carboxylic acids is 3. The van der Waals surface area contributed by atoms with Gasteiger partial charge in [-0.25, -0.2) is 4.79 Å². The number of imide groups is 1. The maximum absolute atomic E-state index is 12.4. The van der Waals surface area contributed by atoms with Crippen LogP contribution in [0.2, 0.25) is 0 Å². The minimum Gasteiger partial charge on any atom is -0.465 e. The summed E-state index contributed by atoms with van der Waals surface area (Å²) in [4.78, 5) is 39.4. The van der Waals surface area contributed by atoms with E-state index in [1.54, 1.807) is 24.3 Å². The van der Waals surface area contributed by atoms with Crippen LogP contribution in [0.25, 0.3) is 5.57 Å². The van der Waals surface area contributed by atoms with Crippen molar-refractivity contribution in [2.24, 2.45) is 0 Å². The highest BCUT2D eigenvalue weighted by Gasteiger charge is 2.44. The predicted octanol–water partition coefficient (Wildman–Crippen LogP) is 7.00. The first-order chi connectivity index (χ1) is 25.9. The van der Waals surface area contributed by atoms with Gasteiger partial charge < -0.3 is 15.0 Å². The Morgan fingerprint density at radius 2 is 1.53 bits per heavy atom. The van der Waals surface area contributed by atoms with Crippen LogP contribution < -0.4 is 4.90 Å². The molecule has 0 saturated heterocycles. The van der Waals surface area contributed by atoms with Crippen LogP contribution >= 0.6 is 0 Å². The molecule has 0 aliphatic carbocycles. The highest BCUT2D eigenvalue weighted by molar-refractivity contribution is 7.85. The summed E-state index contributed by atoms with van der Waals surface area (Å²) < 4.78 is 41.8. The summed E-state index contributed by atoms with van der Waals surface area (Å²) in [6.45, 7) is 9.03. The monoisotopic (exact) mass is 763 g/mol. The van der Waals surface area contributed by atoms with E-state index < -0.39 is 33.3 Å². The fourth-order valence-electron chi connectivity index (χ4n) is 7.84. The van der Waals surface area contributed by atoms with E-state index in [1.165, 1.54) is 30.9 Å². The number of nitrogens with zero attached hydrogens (tertiary/aromatic N) is 3. The summed E-state index contributed by atoms with van der Waals surface area (Å²) in [5.74, 6) is -1.24. The number of fused-ring (bicyclic) bond motifs is 2. The summed E-state index contributed by atoms with van der Waals surface area (Å²) in [6, 6.07) is 20.3. The first-order valence-corrected chi connectivity index (χ1v) is 19.7. The number of para-hydroxylation sites is 1. The fourth-order valence-corrected chi connectivity index (χ4v) is 8.34. The van der Waals surface area contributed by atoms with Crippen molar-refractivity contribution < 1.29 is 36.7 Å². The summed E-state index contributed by atoms with van der Waals surface area (Å²) in [7, 11) is -1.06. The molecule has 0 unspecified atom stereocenters. The van der Waals surface area contributed by atoms with Gasteiger partial charge in [0.05, 0.1) is 29.5 Å². The van der Waals surface area contributed by atoms with Crippen LogP contribution in [0.3, 0.4) is 0 Å². The van der Waals surface area contributed by atoms with Crippen LogP contribution in [-0.4, -0.2) is 78.9 Å². The van der Waals surface area contributed by atoms with Crippen LogP contribution in [0.1, 0.15) is 80.4 Å². The Labute approximate surface area is 322 Å². The number of benzene rings is 3. The zero-order chi connectivity index (χ0) is 39.9. The van der Waals surface area contributed by atoms with Gasteiger partial charge in [-0.2, -0.15) is 13.0 Å². The number of anilines is 1. The lowest BCUT2D eigenvalue weighted by Gasteiger charge is -2.28. The molecule has 55 heavy (non-hydrogen) atoms. The van der Waals surface area contributed by atoms with Crippen molar-refractivity contribution in [3.8, 4) is 0 Å². The molecule has 3 aromatic rings. The molecule has 0 spiro atoms. The third-order valence-electron chi connectivity index (χ3n) is 10.9. The Morgan fingerprint density at radius 1 is 0.873 bits per heavy atom. The lowest BCUT2D eigenvalue weighted by Crippen LogP contribution is -2.34. The highest BCUT2D eigenvalue weighted by atomic mass is 32.2. The molecule has 11 nitrogen and oxygen atoms in total. The standard InChI is InChI=1S/C43H46N4O7S/c1-42(2)33-13-9-10-14-35(33)45(5)37(42)24-30(28-15-17-29(18-16-28)41(50)54-6)25-38-43(3,4)34-26-32(55(51,52)53)19-20-36(34)46(38)23-11-7-8-12-31(44)27-47-39(48)21-22-40(47)49/h9-10,13-22,24-26,44H,7-8,11-12,23,27H2,1-6H3/p+1. The average Bonchev–Trinajstić information content (AvgIpc) is 3.65. The van der Waals surface area contributed by atoms with Gasteiger partial charge >= 0.3 is 5.97 Å². The van der Waals surface area contributed by atoms with E-state index in [4.69, 9.17) is 10.1 Å². The van der Waals surface area contributed by atoms with Gasteiger partial charge in [-0.15, -0.1) is 0 Å². The number of hydrogen-bond acceptors (Lipinski definition) is 8. The number of rotatable bonds is 13. The second-order valence-electron chi connectivity index (χ2n) is 15.2. The molecular weight excluding hydrogens is 717 g/mol. The van der Waals surface area contributed by atoms with Crippen molar-refractivity contribution in [2.75, 3.05) is 32.1 Å². The van der Waals surface area contributed by atoms with E-state index >= 15 is 0 Å². The van der Waals surface area contributed by atoms with Gasteiger partial charge in [0, 0.05) is 58.9 Å². The van der Waals surface area contributed by atoms with E-state index in [2.05, 4.69) is 54.7 Å². The first kappa shape index (κ1) is 39.2. The molecule has 2 amide bonds. The van der Waals surface area contributed by atoms with Crippen LogP contribution in [0.4, 0.5) is 11.4 Å². The third kappa shape index (κ3) is 7.61. The Hall–Kier alpha value is -5.46. The SMILES string of the molecule is COC(=O)c1ccc(C(=CC2=[N+](C)c3ccccc3C2(C)C)C=C2N(CCCCCC(=N)CN3C(=O)C=CC3=O)c3ccc(S(=O)(=O)O)cc3C2(C)C)cc1. The summed E-state index contributed by atoms with van der Waals surface area (Å²) in [5, 5.41) is 8.37. The minimum absolute atomic E-state index is 0.0207. The normalized spacial score (nSPS) is 18.0. The smallest absolute Gasteiger partial charge is 0.337 e. The summed E-state index contributed by atoms with van der Waals surface area (Å²) in [6.07, 6.45) is 9.38. The van der Waals surface area contributed by atoms with E-state index in [1.807, 2.05) is 38.1 Å². The van der Waals surface area contributed by atoms with Crippen molar-refractivity contribution >= 4 is 56.3 Å². The molecule has 3 aliphatic rings. The number of allylic oxidation sites excluding steroid dienone is 4. The second-order valence-corrected chi connectivity index (χ2v) is 16.6. The molecule has 0 aromatic heterocycles. The Morgan fingerprint density at radius 3 is 2.16 bits per heavy atom.